The smallest absolute Gasteiger partial charge is 0.259 e. The van der Waals surface area contributed by atoms with E-state index in [1.165, 1.54) is 43.4 Å². The van der Waals surface area contributed by atoms with E-state index in [9.17, 15) is 14.4 Å². The van der Waals surface area contributed by atoms with Crippen LogP contribution in [0.4, 0.5) is 10.8 Å². The Bertz CT molecular complexity index is 1060. The minimum Gasteiger partial charge on any atom is -0.286 e. The Morgan fingerprint density at radius 1 is 0.969 bits per heavy atom. The Labute approximate surface area is 190 Å². The molecule has 0 atom stereocenters. The van der Waals surface area contributed by atoms with Crippen LogP contribution in [0.3, 0.4) is 0 Å². The fourth-order valence-corrected chi connectivity index (χ4v) is 7.86. The SMILES string of the molecule is CN(C(=O)c1ccc(N2C(=O)CCC2=O)cc1)c1nnc(C23CC4CC(CC(C4)C2)C3)s1. The summed E-state index contributed by atoms with van der Waals surface area (Å²) in [5.74, 6) is 1.93. The summed E-state index contributed by atoms with van der Waals surface area (Å²) < 4.78 is 0. The summed E-state index contributed by atoms with van der Waals surface area (Å²) >= 11 is 1.56. The minimum atomic E-state index is -0.197. The summed E-state index contributed by atoms with van der Waals surface area (Å²) in [7, 11) is 1.73. The average Bonchev–Trinajstić information content (AvgIpc) is 3.39. The Hall–Kier alpha value is -2.61. The Kier molecular flexibility index (Phi) is 4.51. The summed E-state index contributed by atoms with van der Waals surface area (Å²) in [6.45, 7) is 0. The lowest BCUT2D eigenvalue weighted by Crippen LogP contribution is -2.48. The van der Waals surface area contributed by atoms with Gasteiger partial charge >= 0.3 is 0 Å². The lowest BCUT2D eigenvalue weighted by atomic mass is 9.50. The van der Waals surface area contributed by atoms with E-state index in [1.54, 1.807) is 47.5 Å². The van der Waals surface area contributed by atoms with Crippen molar-refractivity contribution in [2.45, 2.75) is 56.8 Å². The van der Waals surface area contributed by atoms with Crippen LogP contribution in [0.5, 0.6) is 0 Å². The Morgan fingerprint density at radius 3 is 2.09 bits per heavy atom. The third-order valence-electron chi connectivity index (χ3n) is 7.92. The number of rotatable bonds is 4. The molecule has 7 nitrogen and oxygen atoms in total. The maximum Gasteiger partial charge on any atom is 0.259 e. The lowest BCUT2D eigenvalue weighted by molar-refractivity contribution is -0.121. The van der Waals surface area contributed by atoms with Crippen molar-refractivity contribution in [1.29, 1.82) is 0 Å². The minimum absolute atomic E-state index is 0.172. The zero-order valence-corrected chi connectivity index (χ0v) is 18.9. The van der Waals surface area contributed by atoms with Crippen LogP contribution in [-0.2, 0) is 15.0 Å². The predicted octanol–water partition coefficient (Wildman–Crippen LogP) is 3.94. The molecular weight excluding hydrogens is 424 g/mol. The van der Waals surface area contributed by atoms with Gasteiger partial charge in [0.2, 0.25) is 16.9 Å². The predicted molar refractivity (Wildman–Crippen MR) is 121 cm³/mol. The highest BCUT2D eigenvalue weighted by molar-refractivity contribution is 7.15. The van der Waals surface area contributed by atoms with Gasteiger partial charge in [-0.15, -0.1) is 10.2 Å². The number of benzene rings is 1. The molecule has 0 spiro atoms. The van der Waals surface area contributed by atoms with Gasteiger partial charge in [-0.05, 0) is 80.5 Å². The van der Waals surface area contributed by atoms with Gasteiger partial charge in [0.15, 0.2) is 0 Å². The molecule has 1 saturated heterocycles. The number of anilines is 2. The third-order valence-corrected chi connectivity index (χ3v) is 9.17. The van der Waals surface area contributed by atoms with Crippen LogP contribution < -0.4 is 9.80 Å². The first-order valence-corrected chi connectivity index (χ1v) is 12.3. The van der Waals surface area contributed by atoms with Crippen LogP contribution >= 0.6 is 11.3 Å². The quantitative estimate of drug-likeness (QED) is 0.659. The molecule has 0 unspecified atom stereocenters. The van der Waals surface area contributed by atoms with Crippen LogP contribution in [0.25, 0.3) is 0 Å². The molecule has 4 saturated carbocycles. The molecule has 2 heterocycles. The van der Waals surface area contributed by atoms with Crippen LogP contribution in [0.15, 0.2) is 24.3 Å². The van der Waals surface area contributed by atoms with Gasteiger partial charge < -0.3 is 0 Å². The summed E-state index contributed by atoms with van der Waals surface area (Å²) in [5.41, 5.74) is 1.17. The first-order chi connectivity index (χ1) is 15.4. The van der Waals surface area contributed by atoms with Gasteiger partial charge in [0, 0.05) is 30.9 Å². The number of nitrogens with zero attached hydrogens (tertiary/aromatic N) is 4. The van der Waals surface area contributed by atoms with Gasteiger partial charge in [0.1, 0.15) is 5.01 Å². The summed E-state index contributed by atoms with van der Waals surface area (Å²) in [6.07, 6.45) is 8.30. The third kappa shape index (κ3) is 3.10. The molecule has 166 valence electrons. The molecule has 7 rings (SSSR count). The van der Waals surface area contributed by atoms with Crippen molar-refractivity contribution < 1.29 is 14.4 Å². The monoisotopic (exact) mass is 450 g/mol. The van der Waals surface area contributed by atoms with E-state index in [4.69, 9.17) is 0 Å². The van der Waals surface area contributed by atoms with E-state index in [2.05, 4.69) is 10.2 Å². The highest BCUT2D eigenvalue weighted by Crippen LogP contribution is 2.61. The number of imide groups is 1. The van der Waals surface area contributed by atoms with Gasteiger partial charge in [0.25, 0.3) is 5.91 Å². The van der Waals surface area contributed by atoms with Gasteiger partial charge in [-0.1, -0.05) is 11.3 Å². The first kappa shape index (κ1) is 20.0. The van der Waals surface area contributed by atoms with Gasteiger partial charge in [-0.3, -0.25) is 24.2 Å². The lowest BCUT2D eigenvalue weighted by Gasteiger charge is -2.55. The standard InChI is InChI=1S/C24H26N4O3S/c1-27(21(31)17-2-4-18(5-3-17)28-19(29)6-7-20(28)30)23-26-25-22(32-23)24-11-14-8-15(12-24)10-16(9-14)13-24/h2-5,14-16H,6-13H2,1H3. The van der Waals surface area contributed by atoms with Gasteiger partial charge in [0.05, 0.1) is 5.69 Å². The molecular formula is C24H26N4O3S. The van der Waals surface area contributed by atoms with Crippen molar-refractivity contribution in [1.82, 2.24) is 10.2 Å². The fourth-order valence-electron chi connectivity index (χ4n) is 6.84. The number of carbonyl (C=O) groups excluding carboxylic acids is 3. The molecule has 8 heteroatoms. The molecule has 1 aliphatic heterocycles. The molecule has 5 fully saturated rings. The molecule has 3 amide bonds. The van der Waals surface area contributed by atoms with Crippen LogP contribution in [0.2, 0.25) is 0 Å². The second-order valence-corrected chi connectivity index (χ2v) is 11.1. The van der Waals surface area contributed by atoms with E-state index < -0.39 is 0 Å². The van der Waals surface area contributed by atoms with E-state index in [1.807, 2.05) is 0 Å². The molecule has 1 aromatic carbocycles. The fraction of sp³-hybridized carbons (Fsp3) is 0.542. The summed E-state index contributed by atoms with van der Waals surface area (Å²) in [6, 6.07) is 6.63. The zero-order chi connectivity index (χ0) is 22.0. The summed E-state index contributed by atoms with van der Waals surface area (Å²) in [5, 5.41) is 10.7. The van der Waals surface area contributed by atoms with Crippen LogP contribution in [-0.4, -0.2) is 35.0 Å². The molecule has 0 radical (unpaired) electrons. The van der Waals surface area contributed by atoms with E-state index in [-0.39, 0.29) is 36.0 Å². The molecule has 2 aromatic rings. The van der Waals surface area contributed by atoms with Crippen molar-refractivity contribution in [2.24, 2.45) is 17.8 Å². The van der Waals surface area contributed by atoms with Crippen molar-refractivity contribution >= 4 is 39.9 Å². The van der Waals surface area contributed by atoms with Crippen molar-refractivity contribution in [3.05, 3.63) is 34.8 Å². The van der Waals surface area contributed by atoms with E-state index in [0.29, 0.717) is 16.4 Å². The zero-order valence-electron chi connectivity index (χ0n) is 18.1. The summed E-state index contributed by atoms with van der Waals surface area (Å²) in [4.78, 5) is 39.7. The maximum atomic E-state index is 13.1. The van der Waals surface area contributed by atoms with E-state index in [0.717, 1.165) is 22.8 Å². The van der Waals surface area contributed by atoms with Crippen LogP contribution in [0, 0.1) is 17.8 Å². The van der Waals surface area contributed by atoms with Crippen LogP contribution in [0.1, 0.15) is 66.7 Å². The second kappa shape index (κ2) is 7.20. The Balaban J connectivity index is 1.20. The highest BCUT2D eigenvalue weighted by atomic mass is 32.1. The molecule has 4 bridgehead atoms. The molecule has 1 aromatic heterocycles. The Morgan fingerprint density at radius 2 is 1.53 bits per heavy atom. The van der Waals surface area contributed by atoms with Gasteiger partial charge in [-0.2, -0.15) is 0 Å². The largest absolute Gasteiger partial charge is 0.286 e. The number of carbonyl (C=O) groups is 3. The van der Waals surface area contributed by atoms with Crippen molar-refractivity contribution in [3.63, 3.8) is 0 Å². The highest BCUT2D eigenvalue weighted by Gasteiger charge is 2.53. The second-order valence-electron chi connectivity index (χ2n) is 10.1. The topological polar surface area (TPSA) is 83.5 Å². The molecule has 4 aliphatic carbocycles. The van der Waals surface area contributed by atoms with E-state index >= 15 is 0 Å². The number of hydrogen-bond donors (Lipinski definition) is 0. The number of amides is 3. The number of hydrogen-bond acceptors (Lipinski definition) is 6. The van der Waals surface area contributed by atoms with Crippen molar-refractivity contribution in [3.8, 4) is 0 Å². The van der Waals surface area contributed by atoms with Gasteiger partial charge in [-0.25, -0.2) is 0 Å². The maximum absolute atomic E-state index is 13.1. The number of aromatic nitrogens is 2. The molecule has 5 aliphatic rings. The first-order valence-electron chi connectivity index (χ1n) is 11.5. The van der Waals surface area contributed by atoms with Crippen molar-refractivity contribution in [2.75, 3.05) is 16.8 Å². The normalized spacial score (nSPS) is 30.9. The molecule has 0 N–H and O–H groups in total. The average molecular weight is 451 g/mol. The molecule has 32 heavy (non-hydrogen) atoms.